The van der Waals surface area contributed by atoms with Crippen LogP contribution in [-0.2, 0) is 25.7 Å². The van der Waals surface area contributed by atoms with Gasteiger partial charge in [0.05, 0.1) is 23.9 Å². The zero-order valence-corrected chi connectivity index (χ0v) is 16.2. The molecule has 0 saturated heterocycles. The van der Waals surface area contributed by atoms with Crippen LogP contribution in [0.25, 0.3) is 11.4 Å². The van der Waals surface area contributed by atoms with Crippen LogP contribution >= 0.6 is 0 Å². The highest BCUT2D eigenvalue weighted by atomic mass is 19.4. The Bertz CT molecular complexity index is 1110. The van der Waals surface area contributed by atoms with E-state index in [0.717, 1.165) is 17.7 Å². The van der Waals surface area contributed by atoms with Gasteiger partial charge in [0, 0.05) is 43.4 Å². The van der Waals surface area contributed by atoms with E-state index >= 15 is 0 Å². The van der Waals surface area contributed by atoms with Crippen molar-refractivity contribution in [1.29, 1.82) is 0 Å². The highest BCUT2D eigenvalue weighted by molar-refractivity contribution is 5.56. The fraction of sp³-hybridized carbons (Fsp3) is 0.286. The molecule has 30 heavy (non-hydrogen) atoms. The van der Waals surface area contributed by atoms with Crippen molar-refractivity contribution >= 4 is 0 Å². The van der Waals surface area contributed by atoms with Crippen molar-refractivity contribution in [3.05, 3.63) is 75.3 Å². The lowest BCUT2D eigenvalue weighted by Gasteiger charge is -2.28. The van der Waals surface area contributed by atoms with Crippen molar-refractivity contribution in [2.75, 3.05) is 13.7 Å². The lowest BCUT2D eigenvalue weighted by Crippen LogP contribution is -2.35. The molecule has 0 spiro atoms. The lowest BCUT2D eigenvalue weighted by molar-refractivity contribution is -0.137. The molecule has 0 fully saturated rings. The van der Waals surface area contributed by atoms with Crippen LogP contribution in [0, 0.1) is 0 Å². The standard InChI is InChI=1S/C21H19F3N4O2/c1-30-20-14(3-2-9-25-20)11-28-10-8-17-16(12-28)19(29)27-18(26-17)13-4-6-15(7-5-13)21(22,23)24/h2-7,9H,8,10-12H2,1H3,(H,26,27,29). The fourth-order valence-electron chi connectivity index (χ4n) is 3.54. The van der Waals surface area contributed by atoms with Gasteiger partial charge in [-0.25, -0.2) is 9.97 Å². The molecule has 3 aromatic rings. The van der Waals surface area contributed by atoms with E-state index in [2.05, 4.69) is 19.9 Å². The Morgan fingerprint density at radius 1 is 1.20 bits per heavy atom. The van der Waals surface area contributed by atoms with Crippen molar-refractivity contribution in [2.45, 2.75) is 25.7 Å². The van der Waals surface area contributed by atoms with Crippen LogP contribution in [0.3, 0.4) is 0 Å². The number of methoxy groups -OCH3 is 1. The molecular formula is C21H19F3N4O2. The van der Waals surface area contributed by atoms with Crippen molar-refractivity contribution in [2.24, 2.45) is 0 Å². The third-order valence-electron chi connectivity index (χ3n) is 5.07. The third-order valence-corrected chi connectivity index (χ3v) is 5.07. The molecule has 1 aromatic carbocycles. The van der Waals surface area contributed by atoms with Gasteiger partial charge in [-0.05, 0) is 18.2 Å². The largest absolute Gasteiger partial charge is 0.481 e. The molecule has 2 aromatic heterocycles. The highest BCUT2D eigenvalue weighted by Gasteiger charge is 2.30. The average Bonchev–Trinajstić information content (AvgIpc) is 2.74. The summed E-state index contributed by atoms with van der Waals surface area (Å²) < 4.78 is 43.6. The summed E-state index contributed by atoms with van der Waals surface area (Å²) in [6, 6.07) is 8.36. The molecule has 3 heterocycles. The lowest BCUT2D eigenvalue weighted by atomic mass is 10.1. The number of aromatic nitrogens is 3. The second-order valence-electron chi connectivity index (χ2n) is 7.05. The number of nitrogens with one attached hydrogen (secondary N) is 1. The van der Waals surface area contributed by atoms with Crippen molar-refractivity contribution < 1.29 is 17.9 Å². The van der Waals surface area contributed by atoms with Gasteiger partial charge in [-0.2, -0.15) is 13.2 Å². The molecule has 0 bridgehead atoms. The Hall–Kier alpha value is -3.20. The molecule has 156 valence electrons. The number of hydrogen-bond donors (Lipinski definition) is 1. The van der Waals surface area contributed by atoms with Gasteiger partial charge in [-0.3, -0.25) is 9.69 Å². The zero-order chi connectivity index (χ0) is 21.3. The third kappa shape index (κ3) is 4.06. The summed E-state index contributed by atoms with van der Waals surface area (Å²) in [6.07, 6.45) is -2.18. The fourth-order valence-corrected chi connectivity index (χ4v) is 3.54. The van der Waals surface area contributed by atoms with Gasteiger partial charge in [0.15, 0.2) is 0 Å². The van der Waals surface area contributed by atoms with Gasteiger partial charge in [0.25, 0.3) is 5.56 Å². The van der Waals surface area contributed by atoms with Crippen LogP contribution in [0.5, 0.6) is 5.88 Å². The second-order valence-corrected chi connectivity index (χ2v) is 7.05. The summed E-state index contributed by atoms with van der Waals surface area (Å²) >= 11 is 0. The van der Waals surface area contributed by atoms with E-state index in [4.69, 9.17) is 4.74 Å². The zero-order valence-electron chi connectivity index (χ0n) is 16.2. The summed E-state index contributed by atoms with van der Waals surface area (Å²) in [5, 5.41) is 0. The average molecular weight is 416 g/mol. The maximum atomic E-state index is 12.8. The van der Waals surface area contributed by atoms with Gasteiger partial charge >= 0.3 is 6.18 Å². The van der Waals surface area contributed by atoms with Crippen LogP contribution in [0.2, 0.25) is 0 Å². The maximum absolute atomic E-state index is 12.8. The number of ether oxygens (including phenoxy) is 1. The number of alkyl halides is 3. The number of pyridine rings is 1. The van der Waals surface area contributed by atoms with Gasteiger partial charge in [0.2, 0.25) is 5.88 Å². The molecule has 0 atom stereocenters. The van der Waals surface area contributed by atoms with Gasteiger partial charge in [0.1, 0.15) is 5.82 Å². The number of benzene rings is 1. The van der Waals surface area contributed by atoms with Gasteiger partial charge < -0.3 is 9.72 Å². The number of aromatic amines is 1. The first kappa shape index (κ1) is 20.1. The summed E-state index contributed by atoms with van der Waals surface area (Å²) in [4.78, 5) is 26.2. The van der Waals surface area contributed by atoms with Crippen LogP contribution in [0.15, 0.2) is 47.4 Å². The van der Waals surface area contributed by atoms with Crippen LogP contribution in [0.1, 0.15) is 22.4 Å². The van der Waals surface area contributed by atoms with Crippen molar-refractivity contribution in [1.82, 2.24) is 19.9 Å². The maximum Gasteiger partial charge on any atom is 0.416 e. The molecule has 4 rings (SSSR count). The molecule has 0 radical (unpaired) electrons. The quantitative estimate of drug-likeness (QED) is 0.706. The molecule has 0 amide bonds. The number of rotatable bonds is 4. The second kappa shape index (κ2) is 7.91. The Balaban J connectivity index is 1.56. The number of hydrogen-bond acceptors (Lipinski definition) is 5. The van der Waals surface area contributed by atoms with E-state index in [-0.39, 0.29) is 11.4 Å². The summed E-state index contributed by atoms with van der Waals surface area (Å²) in [7, 11) is 1.56. The number of fused-ring (bicyclic) bond motifs is 1. The summed E-state index contributed by atoms with van der Waals surface area (Å²) in [6.45, 7) is 1.69. The number of H-pyrrole nitrogens is 1. The number of nitrogens with zero attached hydrogens (tertiary/aromatic N) is 3. The van der Waals surface area contributed by atoms with E-state index in [9.17, 15) is 18.0 Å². The highest BCUT2D eigenvalue weighted by Crippen LogP contribution is 2.30. The summed E-state index contributed by atoms with van der Waals surface area (Å²) in [5.74, 6) is 0.822. The molecule has 1 aliphatic rings. The first-order valence-electron chi connectivity index (χ1n) is 9.35. The predicted octanol–water partition coefficient (Wildman–Crippen LogP) is 3.42. The van der Waals surface area contributed by atoms with E-state index < -0.39 is 11.7 Å². The first-order valence-corrected chi connectivity index (χ1v) is 9.35. The SMILES string of the molecule is COc1ncccc1CN1CCc2nc(-c3ccc(C(F)(F)F)cc3)[nH]c(=O)c2C1. The van der Waals surface area contributed by atoms with E-state index in [1.54, 1.807) is 13.3 Å². The van der Waals surface area contributed by atoms with E-state index in [1.807, 2.05) is 12.1 Å². The van der Waals surface area contributed by atoms with Crippen LogP contribution in [0.4, 0.5) is 13.2 Å². The Labute approximate surface area is 170 Å². The number of halogens is 3. The molecule has 9 heteroatoms. The monoisotopic (exact) mass is 416 g/mol. The van der Waals surface area contributed by atoms with Crippen molar-refractivity contribution in [3.8, 4) is 17.3 Å². The summed E-state index contributed by atoms with van der Waals surface area (Å²) in [5.41, 5.74) is 1.58. The molecule has 0 saturated carbocycles. The minimum atomic E-state index is -4.41. The van der Waals surface area contributed by atoms with Crippen LogP contribution < -0.4 is 10.3 Å². The predicted molar refractivity (Wildman–Crippen MR) is 104 cm³/mol. The molecule has 1 N–H and O–H groups in total. The molecule has 0 aliphatic carbocycles. The molecule has 6 nitrogen and oxygen atoms in total. The van der Waals surface area contributed by atoms with Crippen LogP contribution in [-0.4, -0.2) is 33.5 Å². The first-order chi connectivity index (χ1) is 14.3. The minimum absolute atomic E-state index is 0.273. The van der Waals surface area contributed by atoms with Crippen molar-refractivity contribution in [3.63, 3.8) is 0 Å². The van der Waals surface area contributed by atoms with Gasteiger partial charge in [-0.1, -0.05) is 18.2 Å². The Morgan fingerprint density at radius 2 is 1.97 bits per heavy atom. The minimum Gasteiger partial charge on any atom is -0.481 e. The molecule has 1 aliphatic heterocycles. The normalized spacial score (nSPS) is 14.4. The molecular weight excluding hydrogens is 397 g/mol. The molecule has 0 unspecified atom stereocenters. The Morgan fingerprint density at radius 3 is 2.67 bits per heavy atom. The van der Waals surface area contributed by atoms with Gasteiger partial charge in [-0.15, -0.1) is 0 Å². The Kier molecular flexibility index (Phi) is 5.29. The van der Waals surface area contributed by atoms with E-state index in [1.165, 1.54) is 12.1 Å². The topological polar surface area (TPSA) is 71.1 Å². The smallest absolute Gasteiger partial charge is 0.416 e. The van der Waals surface area contributed by atoms with E-state index in [0.29, 0.717) is 48.8 Å².